The van der Waals surface area contributed by atoms with Crippen molar-refractivity contribution in [2.24, 2.45) is 0 Å². The van der Waals surface area contributed by atoms with Gasteiger partial charge in [0.2, 0.25) is 11.9 Å². The van der Waals surface area contributed by atoms with E-state index in [0.717, 1.165) is 35.6 Å². The first-order valence-electron chi connectivity index (χ1n) is 13.9. The zero-order valence-electron chi connectivity index (χ0n) is 24.9. The highest BCUT2D eigenvalue weighted by atomic mass is 16.6. The highest BCUT2D eigenvalue weighted by Crippen LogP contribution is 2.32. The van der Waals surface area contributed by atoms with Gasteiger partial charge in [-0.1, -0.05) is 12.6 Å². The van der Waals surface area contributed by atoms with Crippen LogP contribution in [0.2, 0.25) is 0 Å². The summed E-state index contributed by atoms with van der Waals surface area (Å²) < 4.78 is 11.3. The normalized spacial score (nSPS) is 13.5. The van der Waals surface area contributed by atoms with Crippen LogP contribution in [-0.4, -0.2) is 65.8 Å². The number of anilines is 6. The third kappa shape index (κ3) is 8.12. The molecule has 0 saturated carbocycles. The fraction of sp³-hybridized carbons (Fsp3) is 0.355. The molecule has 0 spiro atoms. The van der Waals surface area contributed by atoms with Gasteiger partial charge in [0.1, 0.15) is 17.2 Å². The maximum Gasteiger partial charge on any atom is 0.410 e. The number of nitrogens with zero attached hydrogens (tertiary/aromatic N) is 4. The standard InChI is InChI=1S/C31H39N7O4/c1-7-27(39)33-22-10-8-11-23(18-22)34-28-21(2)20-32-29(36-28)35-25-13-12-24(19-26(25)41-6)37-14-9-15-38(17-16-37)30(40)42-31(3,4)5/h7-8,10-13,18-20H,1,9,14-17H2,2-6H3,(H,33,39)(H2,32,34,35,36). The first-order chi connectivity index (χ1) is 20.0. The van der Waals surface area contributed by atoms with Gasteiger partial charge in [-0.15, -0.1) is 0 Å². The van der Waals surface area contributed by atoms with E-state index in [0.29, 0.717) is 42.8 Å². The zero-order valence-corrected chi connectivity index (χ0v) is 24.9. The minimum Gasteiger partial charge on any atom is -0.494 e. The lowest BCUT2D eigenvalue weighted by Crippen LogP contribution is -2.39. The largest absolute Gasteiger partial charge is 0.494 e. The summed E-state index contributed by atoms with van der Waals surface area (Å²) in [4.78, 5) is 37.4. The molecule has 11 nitrogen and oxygen atoms in total. The zero-order chi connectivity index (χ0) is 30.3. The van der Waals surface area contributed by atoms with Crippen LogP contribution in [0, 0.1) is 6.92 Å². The molecule has 11 heteroatoms. The van der Waals surface area contributed by atoms with E-state index in [2.05, 4.69) is 37.4 Å². The number of carbonyl (C=O) groups excluding carboxylic acids is 2. The van der Waals surface area contributed by atoms with Crippen molar-refractivity contribution < 1.29 is 19.1 Å². The van der Waals surface area contributed by atoms with Crippen LogP contribution >= 0.6 is 0 Å². The van der Waals surface area contributed by atoms with Crippen LogP contribution in [0.5, 0.6) is 5.75 Å². The Labute approximate surface area is 246 Å². The predicted molar refractivity (Wildman–Crippen MR) is 166 cm³/mol. The van der Waals surface area contributed by atoms with E-state index in [1.165, 1.54) is 6.08 Å². The molecule has 2 aromatic carbocycles. The SMILES string of the molecule is C=CC(=O)Nc1cccc(Nc2nc(Nc3ccc(N4CCCN(C(=O)OC(C)(C)C)CC4)cc3OC)ncc2C)c1. The Kier molecular flexibility index (Phi) is 9.51. The molecule has 3 N–H and O–H groups in total. The Hall–Kier alpha value is -4.80. The molecule has 0 atom stereocenters. The number of nitrogens with one attached hydrogen (secondary N) is 3. The predicted octanol–water partition coefficient (Wildman–Crippen LogP) is 5.85. The van der Waals surface area contributed by atoms with E-state index in [1.807, 2.05) is 64.1 Å². The summed E-state index contributed by atoms with van der Waals surface area (Å²) >= 11 is 0. The first-order valence-corrected chi connectivity index (χ1v) is 13.9. The molecule has 1 fully saturated rings. The van der Waals surface area contributed by atoms with Gasteiger partial charge in [0.15, 0.2) is 0 Å². The van der Waals surface area contributed by atoms with Crippen LogP contribution in [0.3, 0.4) is 0 Å². The maximum absolute atomic E-state index is 12.6. The Morgan fingerprint density at radius 2 is 1.81 bits per heavy atom. The van der Waals surface area contributed by atoms with Crippen LogP contribution in [0.15, 0.2) is 61.3 Å². The van der Waals surface area contributed by atoms with Crippen LogP contribution < -0.4 is 25.6 Å². The van der Waals surface area contributed by atoms with Crippen molar-refractivity contribution in [3.8, 4) is 5.75 Å². The number of aromatic nitrogens is 2. The molecule has 4 rings (SSSR count). The monoisotopic (exact) mass is 573 g/mol. The Morgan fingerprint density at radius 1 is 1.02 bits per heavy atom. The van der Waals surface area contributed by atoms with Gasteiger partial charge in [-0.2, -0.15) is 4.98 Å². The van der Waals surface area contributed by atoms with Gasteiger partial charge >= 0.3 is 6.09 Å². The minimum atomic E-state index is -0.521. The van der Waals surface area contributed by atoms with Gasteiger partial charge in [-0.05, 0) is 70.5 Å². The number of aryl methyl sites for hydroxylation is 1. The third-order valence-electron chi connectivity index (χ3n) is 6.49. The van der Waals surface area contributed by atoms with Crippen molar-refractivity contribution in [3.05, 3.63) is 66.9 Å². The molecule has 2 heterocycles. The average molecular weight is 574 g/mol. The molecule has 1 saturated heterocycles. The molecule has 0 bridgehead atoms. The lowest BCUT2D eigenvalue weighted by Gasteiger charge is -2.27. The van der Waals surface area contributed by atoms with Crippen molar-refractivity contribution in [3.63, 3.8) is 0 Å². The number of hydrogen-bond donors (Lipinski definition) is 3. The maximum atomic E-state index is 12.6. The van der Waals surface area contributed by atoms with Crippen molar-refractivity contribution in [2.45, 2.75) is 39.7 Å². The average Bonchev–Trinajstić information content (AvgIpc) is 3.21. The molecular formula is C31H39N7O4. The Bertz CT molecular complexity index is 1440. The summed E-state index contributed by atoms with van der Waals surface area (Å²) in [5.74, 6) is 1.38. The highest BCUT2D eigenvalue weighted by Gasteiger charge is 2.25. The number of benzene rings is 2. The van der Waals surface area contributed by atoms with E-state index < -0.39 is 5.60 Å². The fourth-order valence-corrected chi connectivity index (χ4v) is 4.42. The van der Waals surface area contributed by atoms with E-state index in [9.17, 15) is 9.59 Å². The number of rotatable bonds is 8. The Balaban J connectivity index is 1.45. The van der Waals surface area contributed by atoms with Crippen LogP contribution in [-0.2, 0) is 9.53 Å². The van der Waals surface area contributed by atoms with Gasteiger partial charge in [0, 0.05) is 61.1 Å². The first kappa shape index (κ1) is 30.2. The van der Waals surface area contributed by atoms with E-state index >= 15 is 0 Å². The molecule has 1 aliphatic heterocycles. The number of carbonyl (C=O) groups is 2. The molecule has 0 radical (unpaired) electrons. The quantitative estimate of drug-likeness (QED) is 0.285. The summed E-state index contributed by atoms with van der Waals surface area (Å²) in [6.45, 7) is 13.8. The highest BCUT2D eigenvalue weighted by molar-refractivity contribution is 5.99. The molecule has 3 aromatic rings. The van der Waals surface area contributed by atoms with E-state index in [1.54, 1.807) is 24.3 Å². The van der Waals surface area contributed by atoms with Crippen LogP contribution in [0.4, 0.5) is 39.3 Å². The third-order valence-corrected chi connectivity index (χ3v) is 6.49. The van der Waals surface area contributed by atoms with Crippen molar-refractivity contribution in [1.29, 1.82) is 0 Å². The second-order valence-corrected chi connectivity index (χ2v) is 10.9. The molecule has 1 aliphatic rings. The second-order valence-electron chi connectivity index (χ2n) is 10.9. The van der Waals surface area contributed by atoms with Crippen molar-refractivity contribution >= 4 is 46.5 Å². The number of methoxy groups -OCH3 is 1. The number of ether oxygens (including phenoxy) is 2. The molecule has 0 aliphatic carbocycles. The van der Waals surface area contributed by atoms with Crippen molar-refractivity contribution in [2.75, 3.05) is 54.1 Å². The second kappa shape index (κ2) is 13.2. The lowest BCUT2D eigenvalue weighted by atomic mass is 10.2. The minimum absolute atomic E-state index is 0.277. The smallest absolute Gasteiger partial charge is 0.410 e. The van der Waals surface area contributed by atoms with Gasteiger partial charge < -0.3 is 35.2 Å². The molecule has 42 heavy (non-hydrogen) atoms. The molecule has 0 unspecified atom stereocenters. The van der Waals surface area contributed by atoms with Crippen LogP contribution in [0.1, 0.15) is 32.8 Å². The summed E-state index contributed by atoms with van der Waals surface area (Å²) in [5.41, 5.74) is 3.45. The summed E-state index contributed by atoms with van der Waals surface area (Å²) in [5, 5.41) is 9.32. The van der Waals surface area contributed by atoms with Gasteiger partial charge in [0.25, 0.3) is 0 Å². The molecule has 222 valence electrons. The number of amides is 2. The summed E-state index contributed by atoms with van der Waals surface area (Å²) in [6, 6.07) is 13.3. The topological polar surface area (TPSA) is 121 Å². The van der Waals surface area contributed by atoms with Gasteiger partial charge in [0.05, 0.1) is 12.8 Å². The fourth-order valence-electron chi connectivity index (χ4n) is 4.42. The van der Waals surface area contributed by atoms with E-state index in [-0.39, 0.29) is 12.0 Å². The summed E-state index contributed by atoms with van der Waals surface area (Å²) in [6.07, 6.45) is 3.51. The Morgan fingerprint density at radius 3 is 2.55 bits per heavy atom. The lowest BCUT2D eigenvalue weighted by molar-refractivity contribution is -0.111. The van der Waals surface area contributed by atoms with Crippen molar-refractivity contribution in [1.82, 2.24) is 14.9 Å². The molecule has 1 aromatic heterocycles. The number of hydrogen-bond acceptors (Lipinski definition) is 9. The molecule has 2 amide bonds. The summed E-state index contributed by atoms with van der Waals surface area (Å²) in [7, 11) is 1.62. The molecular weight excluding hydrogens is 534 g/mol. The van der Waals surface area contributed by atoms with Crippen LogP contribution in [0.25, 0.3) is 0 Å². The van der Waals surface area contributed by atoms with Gasteiger partial charge in [-0.3, -0.25) is 4.79 Å². The van der Waals surface area contributed by atoms with Gasteiger partial charge in [-0.25, -0.2) is 9.78 Å². The van der Waals surface area contributed by atoms with E-state index in [4.69, 9.17) is 9.47 Å².